The second kappa shape index (κ2) is 10.4. The first-order valence-electron chi connectivity index (χ1n) is 9.14. The molecule has 0 aliphatic heterocycles. The molecule has 0 saturated heterocycles. The summed E-state index contributed by atoms with van der Waals surface area (Å²) in [5, 5.41) is 8.25. The van der Waals surface area contributed by atoms with Crippen molar-refractivity contribution in [1.82, 2.24) is 15.2 Å². The maximum Gasteiger partial charge on any atom is 0.261 e. The van der Waals surface area contributed by atoms with E-state index in [1.54, 1.807) is 10.9 Å². The zero-order valence-corrected chi connectivity index (χ0v) is 15.9. The van der Waals surface area contributed by atoms with E-state index in [9.17, 15) is 4.79 Å². The van der Waals surface area contributed by atoms with Crippen LogP contribution in [0.1, 0.15) is 49.6 Å². The normalized spacial score (nSPS) is 11.0. The number of nitrogens with zero attached hydrogens (tertiary/aromatic N) is 3. The Hall–Kier alpha value is -2.63. The Bertz CT molecular complexity index is 720. The fourth-order valence-electron chi connectivity index (χ4n) is 2.55. The number of carbonyl (C=O) groups excluding carboxylic acids is 1. The summed E-state index contributed by atoms with van der Waals surface area (Å²) in [6.45, 7) is 6.92. The molecule has 0 bridgehead atoms. The number of aryl methyl sites for hydroxylation is 2. The molecule has 1 amide bonds. The predicted octanol–water partition coefficient (Wildman–Crippen LogP) is 3.61. The molecule has 2 aromatic rings. The zero-order valence-electron chi connectivity index (χ0n) is 15.9. The van der Waals surface area contributed by atoms with Gasteiger partial charge in [0.15, 0.2) is 0 Å². The lowest BCUT2D eigenvalue weighted by Gasteiger charge is -2.06. The van der Waals surface area contributed by atoms with Gasteiger partial charge in [0.2, 0.25) is 0 Å². The number of aromatic nitrogens is 2. The quantitative estimate of drug-likeness (QED) is 0.402. The molecule has 26 heavy (non-hydrogen) atoms. The summed E-state index contributed by atoms with van der Waals surface area (Å²) in [5.41, 5.74) is 5.27. The molecular formula is C20H28N4O2. The van der Waals surface area contributed by atoms with Crippen LogP contribution in [-0.2, 0) is 11.3 Å². The smallest absolute Gasteiger partial charge is 0.261 e. The van der Waals surface area contributed by atoms with Gasteiger partial charge in [0.05, 0.1) is 18.5 Å². The Kier molecular flexibility index (Phi) is 7.86. The lowest BCUT2D eigenvalue weighted by Crippen LogP contribution is -2.24. The first kappa shape index (κ1) is 19.7. The standard InChI is InChI=1S/C20H28N4O2/c1-4-5-6-7-12-26-19-10-8-18(9-11-19)14-21-22-20(25)15-24-17(3)13-16(2)23-24/h8-11,13-14H,4-7,12,15H2,1-3H3,(H,22,25)/b21-14+. The molecule has 2 rings (SSSR count). The number of hydrogen-bond donors (Lipinski definition) is 1. The van der Waals surface area contributed by atoms with Gasteiger partial charge < -0.3 is 4.74 Å². The summed E-state index contributed by atoms with van der Waals surface area (Å²) < 4.78 is 7.37. The molecule has 0 atom stereocenters. The number of rotatable bonds is 10. The van der Waals surface area contributed by atoms with Gasteiger partial charge in [0.1, 0.15) is 12.3 Å². The van der Waals surface area contributed by atoms with E-state index < -0.39 is 0 Å². The van der Waals surface area contributed by atoms with E-state index in [-0.39, 0.29) is 12.5 Å². The average Bonchev–Trinajstić information content (AvgIpc) is 2.93. The third kappa shape index (κ3) is 6.70. The van der Waals surface area contributed by atoms with Gasteiger partial charge in [-0.15, -0.1) is 0 Å². The van der Waals surface area contributed by atoms with Crippen LogP contribution in [0.3, 0.4) is 0 Å². The van der Waals surface area contributed by atoms with Crippen LogP contribution < -0.4 is 10.2 Å². The van der Waals surface area contributed by atoms with E-state index in [0.717, 1.165) is 35.7 Å². The largest absolute Gasteiger partial charge is 0.494 e. The van der Waals surface area contributed by atoms with Gasteiger partial charge in [-0.25, -0.2) is 5.43 Å². The Balaban J connectivity index is 1.74. The van der Waals surface area contributed by atoms with Gasteiger partial charge in [-0.1, -0.05) is 26.2 Å². The molecule has 1 heterocycles. The van der Waals surface area contributed by atoms with Crippen LogP contribution in [0.25, 0.3) is 0 Å². The van der Waals surface area contributed by atoms with E-state index in [1.807, 2.05) is 44.2 Å². The van der Waals surface area contributed by atoms with Crippen LogP contribution in [0, 0.1) is 13.8 Å². The molecule has 6 nitrogen and oxygen atoms in total. The number of hydrazone groups is 1. The highest BCUT2D eigenvalue weighted by molar-refractivity contribution is 5.82. The molecule has 1 aromatic carbocycles. The Morgan fingerprint density at radius 2 is 2.00 bits per heavy atom. The van der Waals surface area contributed by atoms with Crippen molar-refractivity contribution in [2.24, 2.45) is 5.10 Å². The van der Waals surface area contributed by atoms with Crippen molar-refractivity contribution in [2.75, 3.05) is 6.61 Å². The fraction of sp³-hybridized carbons (Fsp3) is 0.450. The second-order valence-corrected chi connectivity index (χ2v) is 6.36. The first-order chi connectivity index (χ1) is 12.6. The minimum atomic E-state index is -0.209. The molecule has 0 unspecified atom stereocenters. The van der Waals surface area contributed by atoms with Crippen LogP contribution in [0.4, 0.5) is 0 Å². The summed E-state index contributed by atoms with van der Waals surface area (Å²) in [5.74, 6) is 0.645. The van der Waals surface area contributed by atoms with E-state index in [0.29, 0.717) is 0 Å². The molecule has 0 fully saturated rings. The Labute approximate surface area is 155 Å². The van der Waals surface area contributed by atoms with Gasteiger partial charge in [-0.3, -0.25) is 9.48 Å². The van der Waals surface area contributed by atoms with Crippen LogP contribution >= 0.6 is 0 Å². The van der Waals surface area contributed by atoms with Crippen LogP contribution in [-0.4, -0.2) is 28.5 Å². The second-order valence-electron chi connectivity index (χ2n) is 6.36. The number of benzene rings is 1. The lowest BCUT2D eigenvalue weighted by molar-refractivity contribution is -0.121. The molecule has 0 spiro atoms. The van der Waals surface area contributed by atoms with Crippen molar-refractivity contribution >= 4 is 12.1 Å². The third-order valence-electron chi connectivity index (χ3n) is 3.95. The van der Waals surface area contributed by atoms with Gasteiger partial charge in [-0.05, 0) is 56.2 Å². The van der Waals surface area contributed by atoms with Crippen molar-refractivity contribution < 1.29 is 9.53 Å². The van der Waals surface area contributed by atoms with Crippen LogP contribution in [0.15, 0.2) is 35.4 Å². The molecule has 1 aromatic heterocycles. The monoisotopic (exact) mass is 356 g/mol. The molecule has 0 saturated carbocycles. The van der Waals surface area contributed by atoms with Gasteiger partial charge in [0.25, 0.3) is 5.91 Å². The molecule has 0 aliphatic rings. The maximum atomic E-state index is 11.9. The summed E-state index contributed by atoms with van der Waals surface area (Å²) in [7, 11) is 0. The minimum absolute atomic E-state index is 0.155. The summed E-state index contributed by atoms with van der Waals surface area (Å²) in [6, 6.07) is 9.60. The van der Waals surface area contributed by atoms with Crippen molar-refractivity contribution in [3.8, 4) is 5.75 Å². The summed E-state index contributed by atoms with van der Waals surface area (Å²) >= 11 is 0. The van der Waals surface area contributed by atoms with Crippen molar-refractivity contribution in [1.29, 1.82) is 0 Å². The predicted molar refractivity (Wildman–Crippen MR) is 104 cm³/mol. The van der Waals surface area contributed by atoms with Crippen molar-refractivity contribution in [3.63, 3.8) is 0 Å². The maximum absolute atomic E-state index is 11.9. The van der Waals surface area contributed by atoms with E-state index in [1.165, 1.54) is 19.3 Å². The Morgan fingerprint density at radius 3 is 2.65 bits per heavy atom. The average molecular weight is 356 g/mol. The van der Waals surface area contributed by atoms with Gasteiger partial charge in [0, 0.05) is 5.69 Å². The van der Waals surface area contributed by atoms with Crippen molar-refractivity contribution in [2.45, 2.75) is 53.0 Å². The number of amides is 1. The van der Waals surface area contributed by atoms with Crippen LogP contribution in [0.2, 0.25) is 0 Å². The first-order valence-corrected chi connectivity index (χ1v) is 9.14. The molecule has 1 N–H and O–H groups in total. The highest BCUT2D eigenvalue weighted by atomic mass is 16.5. The fourth-order valence-corrected chi connectivity index (χ4v) is 2.55. The highest BCUT2D eigenvalue weighted by Gasteiger charge is 2.05. The number of ether oxygens (including phenoxy) is 1. The molecule has 140 valence electrons. The van der Waals surface area contributed by atoms with Gasteiger partial charge in [-0.2, -0.15) is 10.2 Å². The van der Waals surface area contributed by atoms with Gasteiger partial charge >= 0.3 is 0 Å². The molecule has 0 aliphatic carbocycles. The van der Waals surface area contributed by atoms with E-state index in [4.69, 9.17) is 4.74 Å². The lowest BCUT2D eigenvalue weighted by atomic mass is 10.2. The topological polar surface area (TPSA) is 68.5 Å². The molecule has 0 radical (unpaired) electrons. The van der Waals surface area contributed by atoms with E-state index >= 15 is 0 Å². The number of nitrogens with one attached hydrogen (secondary N) is 1. The van der Waals surface area contributed by atoms with Crippen LogP contribution in [0.5, 0.6) is 5.75 Å². The Morgan fingerprint density at radius 1 is 1.23 bits per heavy atom. The van der Waals surface area contributed by atoms with Crippen molar-refractivity contribution in [3.05, 3.63) is 47.3 Å². The third-order valence-corrected chi connectivity index (χ3v) is 3.95. The summed E-state index contributed by atoms with van der Waals surface area (Å²) in [6.07, 6.45) is 6.39. The van der Waals surface area contributed by atoms with E-state index in [2.05, 4.69) is 22.5 Å². The molecule has 6 heteroatoms. The number of unbranched alkanes of at least 4 members (excludes halogenated alkanes) is 3. The number of hydrogen-bond acceptors (Lipinski definition) is 4. The summed E-state index contributed by atoms with van der Waals surface area (Å²) in [4.78, 5) is 11.9. The zero-order chi connectivity index (χ0) is 18.8. The molecular weight excluding hydrogens is 328 g/mol. The SMILES string of the molecule is CCCCCCOc1ccc(/C=N/NC(=O)Cn2nc(C)cc2C)cc1. The minimum Gasteiger partial charge on any atom is -0.494 e. The number of carbonyl (C=O) groups is 1. The highest BCUT2D eigenvalue weighted by Crippen LogP contribution is 2.12.